The minimum absolute atomic E-state index is 0.147. The second kappa shape index (κ2) is 8.84. The predicted molar refractivity (Wildman–Crippen MR) is 118 cm³/mol. The molecule has 2 aliphatic heterocycles. The summed E-state index contributed by atoms with van der Waals surface area (Å²) in [6.07, 6.45) is 2.10. The highest BCUT2D eigenvalue weighted by molar-refractivity contribution is 8.04. The number of likely N-dealkylation sites (N-methyl/N-ethyl adjacent to an activating group) is 1. The number of hydrogen-bond donors (Lipinski definition) is 0. The number of hydrogen-bond acceptors (Lipinski definition) is 4. The predicted octanol–water partition coefficient (Wildman–Crippen LogP) is 3.55. The van der Waals surface area contributed by atoms with Crippen LogP contribution in [0.15, 0.2) is 59.5 Å². The van der Waals surface area contributed by atoms with Crippen molar-refractivity contribution in [3.05, 3.63) is 70.6 Å². The van der Waals surface area contributed by atoms with E-state index >= 15 is 0 Å². The fourth-order valence-corrected chi connectivity index (χ4v) is 4.72. The van der Waals surface area contributed by atoms with E-state index in [1.165, 1.54) is 11.3 Å². The van der Waals surface area contributed by atoms with E-state index in [0.717, 1.165) is 48.9 Å². The number of carbonyl (C=O) groups excluding carboxylic acids is 1. The Labute approximate surface area is 171 Å². The Morgan fingerprint density at radius 3 is 2.43 bits per heavy atom. The van der Waals surface area contributed by atoms with Crippen molar-refractivity contribution in [2.45, 2.75) is 6.54 Å². The quantitative estimate of drug-likeness (QED) is 0.742. The van der Waals surface area contributed by atoms with Crippen LogP contribution >= 0.6 is 11.8 Å². The molecule has 0 bridgehead atoms. The van der Waals surface area contributed by atoms with Crippen molar-refractivity contribution in [1.29, 1.82) is 0 Å². The maximum absolute atomic E-state index is 13.1. The molecule has 2 aromatic carbocycles. The van der Waals surface area contributed by atoms with Crippen molar-refractivity contribution in [2.75, 3.05) is 50.4 Å². The first-order chi connectivity index (χ1) is 13.7. The molecule has 146 valence electrons. The zero-order valence-corrected chi connectivity index (χ0v) is 17.2. The van der Waals surface area contributed by atoms with Crippen LogP contribution in [0.1, 0.15) is 11.1 Å². The highest BCUT2D eigenvalue weighted by Gasteiger charge is 2.25. The lowest BCUT2D eigenvalue weighted by Gasteiger charge is -2.35. The molecule has 0 aliphatic carbocycles. The van der Waals surface area contributed by atoms with Crippen LogP contribution in [-0.2, 0) is 11.3 Å². The van der Waals surface area contributed by atoms with Crippen LogP contribution in [0.4, 0.5) is 5.69 Å². The Morgan fingerprint density at radius 2 is 1.64 bits per heavy atom. The van der Waals surface area contributed by atoms with Gasteiger partial charge in [-0.05, 0) is 30.3 Å². The number of benzene rings is 2. The van der Waals surface area contributed by atoms with Crippen LogP contribution in [0.25, 0.3) is 6.08 Å². The van der Waals surface area contributed by atoms with Gasteiger partial charge in [0.05, 0.1) is 4.91 Å². The van der Waals surface area contributed by atoms with Gasteiger partial charge < -0.3 is 14.7 Å². The molecule has 2 aromatic rings. The SMILES string of the molecule is CN1CCN(c2ccccc2/C=C2\SCCN(Cc3ccccc3)C2=O)CC1. The molecule has 0 radical (unpaired) electrons. The van der Waals surface area contributed by atoms with Crippen LogP contribution in [-0.4, -0.2) is 61.2 Å². The van der Waals surface area contributed by atoms with Crippen molar-refractivity contribution in [3.8, 4) is 0 Å². The summed E-state index contributed by atoms with van der Waals surface area (Å²) in [5, 5.41) is 0. The summed E-state index contributed by atoms with van der Waals surface area (Å²) in [6, 6.07) is 18.7. The van der Waals surface area contributed by atoms with E-state index in [4.69, 9.17) is 0 Å². The van der Waals surface area contributed by atoms with Crippen LogP contribution in [0.5, 0.6) is 0 Å². The third-order valence-corrected chi connectivity index (χ3v) is 6.39. The van der Waals surface area contributed by atoms with Gasteiger partial charge in [-0.15, -0.1) is 11.8 Å². The van der Waals surface area contributed by atoms with E-state index in [0.29, 0.717) is 6.54 Å². The normalized spacial score (nSPS) is 20.0. The first-order valence-electron chi connectivity index (χ1n) is 9.91. The molecule has 28 heavy (non-hydrogen) atoms. The van der Waals surface area contributed by atoms with E-state index in [1.807, 2.05) is 23.1 Å². The highest BCUT2D eigenvalue weighted by Crippen LogP contribution is 2.31. The highest BCUT2D eigenvalue weighted by atomic mass is 32.2. The van der Waals surface area contributed by atoms with Crippen LogP contribution in [0.2, 0.25) is 0 Å². The summed E-state index contributed by atoms with van der Waals surface area (Å²) in [5.74, 6) is 1.09. The maximum atomic E-state index is 13.1. The Morgan fingerprint density at radius 1 is 0.929 bits per heavy atom. The Balaban J connectivity index is 1.54. The number of thioether (sulfide) groups is 1. The van der Waals surface area contributed by atoms with E-state index in [9.17, 15) is 4.79 Å². The molecule has 0 unspecified atom stereocenters. The molecule has 2 fully saturated rings. The molecule has 2 aliphatic rings. The summed E-state index contributed by atoms with van der Waals surface area (Å²) in [7, 11) is 2.17. The third kappa shape index (κ3) is 4.42. The van der Waals surface area contributed by atoms with Crippen molar-refractivity contribution in [3.63, 3.8) is 0 Å². The molecule has 0 saturated carbocycles. The summed E-state index contributed by atoms with van der Waals surface area (Å²) in [4.78, 5) is 20.7. The average molecular weight is 394 g/mol. The molecule has 4 rings (SSSR count). The average Bonchev–Trinajstić information content (AvgIpc) is 2.73. The van der Waals surface area contributed by atoms with Gasteiger partial charge in [0, 0.05) is 50.7 Å². The number of nitrogens with zero attached hydrogens (tertiary/aromatic N) is 3. The number of carbonyl (C=O) groups is 1. The van der Waals surface area contributed by atoms with Crippen LogP contribution in [0, 0.1) is 0 Å². The topological polar surface area (TPSA) is 26.8 Å². The molecule has 2 heterocycles. The van der Waals surface area contributed by atoms with Gasteiger partial charge in [0.2, 0.25) is 0 Å². The number of rotatable bonds is 4. The van der Waals surface area contributed by atoms with Crippen LogP contribution < -0.4 is 4.90 Å². The van der Waals surface area contributed by atoms with Gasteiger partial charge >= 0.3 is 0 Å². The van der Waals surface area contributed by atoms with Crippen molar-refractivity contribution in [1.82, 2.24) is 9.80 Å². The van der Waals surface area contributed by atoms with E-state index in [2.05, 4.69) is 59.3 Å². The van der Waals surface area contributed by atoms with Crippen LogP contribution in [0.3, 0.4) is 0 Å². The lowest BCUT2D eigenvalue weighted by molar-refractivity contribution is -0.126. The summed E-state index contributed by atoms with van der Waals surface area (Å²) in [6.45, 7) is 5.68. The van der Waals surface area contributed by atoms with E-state index < -0.39 is 0 Å². The first kappa shape index (κ1) is 19.1. The van der Waals surface area contributed by atoms with E-state index in [1.54, 1.807) is 11.8 Å². The smallest absolute Gasteiger partial charge is 0.260 e. The summed E-state index contributed by atoms with van der Waals surface area (Å²) >= 11 is 1.68. The standard InChI is InChI=1S/C23H27N3OS/c1-24-11-13-25(14-12-24)21-10-6-5-9-20(21)17-22-23(27)26(15-16-28-22)18-19-7-3-2-4-8-19/h2-10,17H,11-16,18H2,1H3/b22-17-. The number of piperazine rings is 1. The van der Waals surface area contributed by atoms with Gasteiger partial charge in [-0.3, -0.25) is 4.79 Å². The molecule has 2 saturated heterocycles. The van der Waals surface area contributed by atoms with Gasteiger partial charge in [-0.1, -0.05) is 48.5 Å². The number of anilines is 1. The molecule has 0 atom stereocenters. The van der Waals surface area contributed by atoms with Gasteiger partial charge in [-0.2, -0.15) is 0 Å². The Hall–Kier alpha value is -2.24. The molecule has 0 spiro atoms. The molecule has 0 aromatic heterocycles. The summed E-state index contributed by atoms with van der Waals surface area (Å²) in [5.41, 5.74) is 3.56. The maximum Gasteiger partial charge on any atom is 0.260 e. The minimum Gasteiger partial charge on any atom is -0.368 e. The largest absolute Gasteiger partial charge is 0.368 e. The number of amides is 1. The second-order valence-electron chi connectivity index (χ2n) is 7.42. The molecule has 5 heteroatoms. The van der Waals surface area contributed by atoms with Gasteiger partial charge in [0.15, 0.2) is 0 Å². The van der Waals surface area contributed by atoms with Gasteiger partial charge in [-0.25, -0.2) is 0 Å². The minimum atomic E-state index is 0.147. The number of para-hydroxylation sites is 1. The third-order valence-electron chi connectivity index (χ3n) is 5.40. The van der Waals surface area contributed by atoms with E-state index in [-0.39, 0.29) is 5.91 Å². The fourth-order valence-electron chi connectivity index (χ4n) is 3.73. The van der Waals surface area contributed by atoms with Crippen molar-refractivity contribution < 1.29 is 4.79 Å². The fraction of sp³-hybridized carbons (Fsp3) is 0.348. The molecule has 1 amide bonds. The van der Waals surface area contributed by atoms with Gasteiger partial charge in [0.25, 0.3) is 5.91 Å². The Bertz CT molecular complexity index is 844. The first-order valence-corrected chi connectivity index (χ1v) is 10.9. The lowest BCUT2D eigenvalue weighted by Crippen LogP contribution is -2.44. The second-order valence-corrected chi connectivity index (χ2v) is 8.56. The Kier molecular flexibility index (Phi) is 6.03. The molecular formula is C23H27N3OS. The zero-order valence-electron chi connectivity index (χ0n) is 16.4. The molecule has 0 N–H and O–H groups in total. The van der Waals surface area contributed by atoms with Gasteiger partial charge in [0.1, 0.15) is 0 Å². The molecular weight excluding hydrogens is 366 g/mol. The van der Waals surface area contributed by atoms with Crippen molar-refractivity contribution in [2.24, 2.45) is 0 Å². The molecule has 4 nitrogen and oxygen atoms in total. The van der Waals surface area contributed by atoms with Crippen molar-refractivity contribution >= 4 is 29.4 Å². The lowest BCUT2D eigenvalue weighted by atomic mass is 10.1. The summed E-state index contributed by atoms with van der Waals surface area (Å²) < 4.78 is 0. The zero-order chi connectivity index (χ0) is 19.3. The monoisotopic (exact) mass is 393 g/mol.